The van der Waals surface area contributed by atoms with Crippen LogP contribution < -0.4 is 5.32 Å². The van der Waals surface area contributed by atoms with Crippen molar-refractivity contribution in [2.75, 3.05) is 19.6 Å². The molecule has 0 aromatic rings. The fraction of sp³-hybridized carbons (Fsp3) is 0.714. The summed E-state index contributed by atoms with van der Waals surface area (Å²) in [5, 5.41) is 2.25. The van der Waals surface area contributed by atoms with Gasteiger partial charge in [-0.1, -0.05) is 6.92 Å². The van der Waals surface area contributed by atoms with E-state index in [1.54, 1.807) is 0 Å². The first kappa shape index (κ1) is 8.20. The van der Waals surface area contributed by atoms with Gasteiger partial charge >= 0.3 is 0 Å². The second-order valence-corrected chi connectivity index (χ2v) is 2.68. The van der Waals surface area contributed by atoms with Crippen LogP contribution in [-0.4, -0.2) is 36.3 Å². The van der Waals surface area contributed by atoms with Crippen LogP contribution in [0.1, 0.15) is 13.3 Å². The lowest BCUT2D eigenvalue weighted by Gasteiger charge is -2.24. The normalized spacial score (nSPS) is 20.1. The summed E-state index contributed by atoms with van der Waals surface area (Å²) in [7, 11) is 0. The molecule has 1 fully saturated rings. The molecule has 0 aromatic heterocycles. The molecular weight excluding hydrogens is 144 g/mol. The summed E-state index contributed by atoms with van der Waals surface area (Å²) in [5.41, 5.74) is 0. The van der Waals surface area contributed by atoms with Crippen LogP contribution in [0.4, 0.5) is 0 Å². The van der Waals surface area contributed by atoms with E-state index >= 15 is 0 Å². The Morgan fingerprint density at radius 1 is 1.36 bits per heavy atom. The van der Waals surface area contributed by atoms with Crippen LogP contribution >= 0.6 is 0 Å². The van der Waals surface area contributed by atoms with Gasteiger partial charge in [0.05, 0.1) is 13.1 Å². The summed E-state index contributed by atoms with van der Waals surface area (Å²) >= 11 is 0. The van der Waals surface area contributed by atoms with E-state index in [0.717, 1.165) is 13.0 Å². The van der Waals surface area contributed by atoms with Gasteiger partial charge in [0.15, 0.2) is 0 Å². The molecule has 1 N–H and O–H groups in total. The predicted octanol–water partition coefficient (Wildman–Crippen LogP) is -0.645. The van der Waals surface area contributed by atoms with Gasteiger partial charge in [0.25, 0.3) is 0 Å². The molecule has 0 spiro atoms. The smallest absolute Gasteiger partial charge is 0.240 e. The van der Waals surface area contributed by atoms with Crippen molar-refractivity contribution in [3.63, 3.8) is 0 Å². The molecule has 0 radical (unpaired) electrons. The molecule has 0 aliphatic carbocycles. The fourth-order valence-corrected chi connectivity index (χ4v) is 1.17. The summed E-state index contributed by atoms with van der Waals surface area (Å²) in [6.45, 7) is 3.56. The van der Waals surface area contributed by atoms with Crippen molar-refractivity contribution in [2.45, 2.75) is 13.3 Å². The third-order valence-corrected chi connectivity index (χ3v) is 1.55. The third-order valence-electron chi connectivity index (χ3n) is 1.55. The summed E-state index contributed by atoms with van der Waals surface area (Å²) < 4.78 is 0. The van der Waals surface area contributed by atoms with E-state index < -0.39 is 0 Å². The third kappa shape index (κ3) is 2.31. The number of nitrogens with one attached hydrogen (secondary N) is 1. The second-order valence-electron chi connectivity index (χ2n) is 2.68. The molecule has 0 bridgehead atoms. The average molecular weight is 156 g/mol. The highest BCUT2D eigenvalue weighted by atomic mass is 16.2. The van der Waals surface area contributed by atoms with Crippen molar-refractivity contribution in [3.05, 3.63) is 0 Å². The van der Waals surface area contributed by atoms with Crippen LogP contribution in [-0.2, 0) is 9.59 Å². The van der Waals surface area contributed by atoms with Crippen molar-refractivity contribution >= 4 is 11.8 Å². The van der Waals surface area contributed by atoms with Gasteiger partial charge in [-0.3, -0.25) is 19.8 Å². The number of imide groups is 1. The Morgan fingerprint density at radius 2 is 1.91 bits per heavy atom. The largest absolute Gasteiger partial charge is 0.294 e. The molecule has 2 amide bonds. The summed E-state index contributed by atoms with van der Waals surface area (Å²) in [4.78, 5) is 23.4. The Kier molecular flexibility index (Phi) is 2.59. The molecule has 1 aliphatic heterocycles. The zero-order valence-corrected chi connectivity index (χ0v) is 6.59. The zero-order valence-electron chi connectivity index (χ0n) is 6.59. The Labute approximate surface area is 65.6 Å². The number of rotatable bonds is 2. The number of carbonyl (C=O) groups excluding carboxylic acids is 2. The van der Waals surface area contributed by atoms with E-state index in [1.165, 1.54) is 0 Å². The molecule has 4 nitrogen and oxygen atoms in total. The van der Waals surface area contributed by atoms with Crippen LogP contribution in [0.2, 0.25) is 0 Å². The van der Waals surface area contributed by atoms with Crippen molar-refractivity contribution in [1.29, 1.82) is 0 Å². The SMILES string of the molecule is CCCN1CC(=O)NC(=O)C1. The fourth-order valence-electron chi connectivity index (χ4n) is 1.17. The zero-order chi connectivity index (χ0) is 8.27. The van der Waals surface area contributed by atoms with Gasteiger partial charge in [-0.25, -0.2) is 0 Å². The Morgan fingerprint density at radius 3 is 2.36 bits per heavy atom. The molecule has 1 heterocycles. The molecule has 0 atom stereocenters. The molecule has 4 heteroatoms. The van der Waals surface area contributed by atoms with Crippen LogP contribution in [0.3, 0.4) is 0 Å². The predicted molar refractivity (Wildman–Crippen MR) is 39.9 cm³/mol. The van der Waals surface area contributed by atoms with Gasteiger partial charge in [0.1, 0.15) is 0 Å². The van der Waals surface area contributed by atoms with Crippen LogP contribution in [0.15, 0.2) is 0 Å². The standard InChI is InChI=1S/C7H12N2O2/c1-2-3-9-4-6(10)8-7(11)5-9/h2-5H2,1H3,(H,8,10,11). The van der Waals surface area contributed by atoms with E-state index in [9.17, 15) is 9.59 Å². The van der Waals surface area contributed by atoms with Crippen molar-refractivity contribution < 1.29 is 9.59 Å². The van der Waals surface area contributed by atoms with Crippen LogP contribution in [0.25, 0.3) is 0 Å². The van der Waals surface area contributed by atoms with Crippen LogP contribution in [0, 0.1) is 0 Å². The molecule has 62 valence electrons. The molecule has 0 saturated carbocycles. The van der Waals surface area contributed by atoms with Crippen molar-refractivity contribution in [2.24, 2.45) is 0 Å². The lowest BCUT2D eigenvalue weighted by Crippen LogP contribution is -2.51. The monoisotopic (exact) mass is 156 g/mol. The van der Waals surface area contributed by atoms with Gasteiger partial charge < -0.3 is 0 Å². The average Bonchev–Trinajstić information content (AvgIpc) is 1.85. The topological polar surface area (TPSA) is 49.4 Å². The van der Waals surface area contributed by atoms with E-state index in [1.807, 2.05) is 11.8 Å². The highest BCUT2D eigenvalue weighted by Crippen LogP contribution is 1.95. The highest BCUT2D eigenvalue weighted by molar-refractivity contribution is 5.99. The first-order valence-electron chi connectivity index (χ1n) is 3.77. The Hall–Kier alpha value is -0.900. The Bertz CT molecular complexity index is 163. The maximum absolute atomic E-state index is 10.8. The molecule has 1 saturated heterocycles. The maximum atomic E-state index is 10.8. The summed E-state index contributed by atoms with van der Waals surface area (Å²) in [6, 6.07) is 0. The Balaban J connectivity index is 2.43. The summed E-state index contributed by atoms with van der Waals surface area (Å²) in [6.07, 6.45) is 0.973. The van der Waals surface area contributed by atoms with Crippen LogP contribution in [0.5, 0.6) is 0 Å². The van der Waals surface area contributed by atoms with E-state index in [-0.39, 0.29) is 11.8 Å². The molecule has 1 aliphatic rings. The lowest BCUT2D eigenvalue weighted by molar-refractivity contribution is -0.135. The summed E-state index contributed by atoms with van der Waals surface area (Å²) in [5.74, 6) is -0.371. The van der Waals surface area contributed by atoms with Gasteiger partial charge in [-0.05, 0) is 13.0 Å². The first-order valence-corrected chi connectivity index (χ1v) is 3.77. The quantitative estimate of drug-likeness (QED) is 0.541. The highest BCUT2D eigenvalue weighted by Gasteiger charge is 2.20. The van der Waals surface area contributed by atoms with Gasteiger partial charge in [0, 0.05) is 0 Å². The first-order chi connectivity index (χ1) is 5.22. The van der Waals surface area contributed by atoms with E-state index in [2.05, 4.69) is 5.32 Å². The molecular formula is C7H12N2O2. The molecule has 0 unspecified atom stereocenters. The van der Waals surface area contributed by atoms with E-state index in [4.69, 9.17) is 0 Å². The number of hydrogen-bond donors (Lipinski definition) is 1. The lowest BCUT2D eigenvalue weighted by atomic mass is 10.3. The van der Waals surface area contributed by atoms with Gasteiger partial charge in [0.2, 0.25) is 11.8 Å². The molecule has 0 aromatic carbocycles. The van der Waals surface area contributed by atoms with Crippen molar-refractivity contribution in [3.8, 4) is 0 Å². The number of amides is 2. The minimum Gasteiger partial charge on any atom is -0.294 e. The maximum Gasteiger partial charge on any atom is 0.240 e. The number of piperazine rings is 1. The minimum absolute atomic E-state index is 0.185. The molecule has 11 heavy (non-hydrogen) atoms. The number of carbonyl (C=O) groups is 2. The second kappa shape index (κ2) is 3.48. The molecule has 1 rings (SSSR count). The minimum atomic E-state index is -0.185. The van der Waals surface area contributed by atoms with Gasteiger partial charge in [-0.2, -0.15) is 0 Å². The number of hydrogen-bond acceptors (Lipinski definition) is 3. The van der Waals surface area contributed by atoms with Crippen molar-refractivity contribution in [1.82, 2.24) is 10.2 Å². The van der Waals surface area contributed by atoms with E-state index in [0.29, 0.717) is 13.1 Å². The number of nitrogens with zero attached hydrogens (tertiary/aromatic N) is 1. The van der Waals surface area contributed by atoms with Gasteiger partial charge in [-0.15, -0.1) is 0 Å².